The Morgan fingerprint density at radius 2 is 1.86 bits per heavy atom. The first-order valence-electron chi connectivity index (χ1n) is 7.02. The molecule has 21 heavy (non-hydrogen) atoms. The fourth-order valence-electron chi connectivity index (χ4n) is 1.47. The van der Waals surface area contributed by atoms with E-state index >= 15 is 0 Å². The minimum Gasteiger partial charge on any atom is -0.475 e. The standard InChI is InChI=1S/C15H25ClN2O3/c1-15(2,3)17-11-13-12(16)5-6-14(18-13)21-10-9-20-8-7-19-4/h5-6,17H,7-11H2,1-4H3. The first kappa shape index (κ1) is 18.2. The van der Waals surface area contributed by atoms with Gasteiger partial charge in [-0.1, -0.05) is 11.6 Å². The van der Waals surface area contributed by atoms with Gasteiger partial charge in [0.15, 0.2) is 0 Å². The zero-order chi connectivity index (χ0) is 15.7. The van der Waals surface area contributed by atoms with Gasteiger partial charge in [-0.3, -0.25) is 0 Å². The van der Waals surface area contributed by atoms with Crippen molar-refractivity contribution in [2.24, 2.45) is 0 Å². The third-order valence-electron chi connectivity index (χ3n) is 2.59. The molecule has 0 saturated carbocycles. The van der Waals surface area contributed by atoms with E-state index in [-0.39, 0.29) is 5.54 Å². The second-order valence-corrected chi connectivity index (χ2v) is 6.04. The summed E-state index contributed by atoms with van der Waals surface area (Å²) in [6.45, 7) is 8.99. The highest BCUT2D eigenvalue weighted by Crippen LogP contribution is 2.18. The molecule has 0 unspecified atom stereocenters. The van der Waals surface area contributed by atoms with Crippen molar-refractivity contribution in [1.29, 1.82) is 0 Å². The van der Waals surface area contributed by atoms with Crippen LogP contribution < -0.4 is 10.1 Å². The average molecular weight is 317 g/mol. The number of hydrogen-bond donors (Lipinski definition) is 1. The van der Waals surface area contributed by atoms with Gasteiger partial charge >= 0.3 is 0 Å². The van der Waals surface area contributed by atoms with Crippen molar-refractivity contribution in [2.75, 3.05) is 33.5 Å². The van der Waals surface area contributed by atoms with E-state index in [2.05, 4.69) is 31.1 Å². The van der Waals surface area contributed by atoms with Crippen molar-refractivity contribution < 1.29 is 14.2 Å². The quantitative estimate of drug-likeness (QED) is 0.710. The number of halogens is 1. The molecule has 0 radical (unpaired) electrons. The Balaban J connectivity index is 2.41. The monoisotopic (exact) mass is 316 g/mol. The zero-order valence-electron chi connectivity index (χ0n) is 13.2. The molecule has 0 aliphatic rings. The molecule has 0 saturated heterocycles. The Bertz CT molecular complexity index is 422. The zero-order valence-corrected chi connectivity index (χ0v) is 14.0. The van der Waals surface area contributed by atoms with Crippen LogP contribution in [0.4, 0.5) is 0 Å². The van der Waals surface area contributed by atoms with E-state index in [9.17, 15) is 0 Å². The largest absolute Gasteiger partial charge is 0.475 e. The predicted molar refractivity (Wildman–Crippen MR) is 84.0 cm³/mol. The van der Waals surface area contributed by atoms with E-state index in [1.807, 2.05) is 0 Å². The molecule has 6 heteroatoms. The minimum atomic E-state index is 0.0110. The second-order valence-electron chi connectivity index (χ2n) is 5.64. The van der Waals surface area contributed by atoms with Gasteiger partial charge in [-0.15, -0.1) is 0 Å². The summed E-state index contributed by atoms with van der Waals surface area (Å²) in [6.07, 6.45) is 0. The lowest BCUT2D eigenvalue weighted by Gasteiger charge is -2.20. The molecule has 0 atom stereocenters. The Kier molecular flexibility index (Phi) is 7.96. The van der Waals surface area contributed by atoms with Gasteiger partial charge in [-0.25, -0.2) is 4.98 Å². The van der Waals surface area contributed by atoms with Crippen LogP contribution in [0, 0.1) is 0 Å². The molecule has 0 aromatic carbocycles. The molecular weight excluding hydrogens is 292 g/mol. The lowest BCUT2D eigenvalue weighted by Crippen LogP contribution is -2.35. The van der Waals surface area contributed by atoms with Crippen molar-refractivity contribution in [3.05, 3.63) is 22.8 Å². The average Bonchev–Trinajstić information content (AvgIpc) is 2.42. The maximum absolute atomic E-state index is 6.15. The molecule has 1 aromatic rings. The van der Waals surface area contributed by atoms with Crippen LogP contribution in [0.2, 0.25) is 5.02 Å². The first-order chi connectivity index (χ1) is 9.92. The molecule has 0 fully saturated rings. The van der Waals surface area contributed by atoms with Crippen LogP contribution in [-0.2, 0) is 16.0 Å². The Morgan fingerprint density at radius 1 is 1.14 bits per heavy atom. The summed E-state index contributed by atoms with van der Waals surface area (Å²) in [7, 11) is 1.64. The number of nitrogens with zero attached hydrogens (tertiary/aromatic N) is 1. The van der Waals surface area contributed by atoms with Crippen molar-refractivity contribution >= 4 is 11.6 Å². The van der Waals surface area contributed by atoms with Crippen LogP contribution in [-0.4, -0.2) is 44.1 Å². The highest BCUT2D eigenvalue weighted by atomic mass is 35.5. The van der Waals surface area contributed by atoms with Crippen LogP contribution in [0.3, 0.4) is 0 Å². The van der Waals surface area contributed by atoms with Crippen molar-refractivity contribution in [1.82, 2.24) is 10.3 Å². The number of rotatable bonds is 9. The molecule has 120 valence electrons. The summed E-state index contributed by atoms with van der Waals surface area (Å²) < 4.78 is 15.8. The van der Waals surface area contributed by atoms with Gasteiger partial charge in [0, 0.05) is 25.3 Å². The molecule has 1 rings (SSSR count). The number of aromatic nitrogens is 1. The SMILES string of the molecule is COCCOCCOc1ccc(Cl)c(CNC(C)(C)C)n1. The molecule has 0 spiro atoms. The molecular formula is C15H25ClN2O3. The smallest absolute Gasteiger partial charge is 0.213 e. The molecule has 0 amide bonds. The normalized spacial score (nSPS) is 11.7. The highest BCUT2D eigenvalue weighted by Gasteiger charge is 2.11. The van der Waals surface area contributed by atoms with Gasteiger partial charge in [-0.2, -0.15) is 0 Å². The van der Waals surface area contributed by atoms with Gasteiger partial charge in [0.1, 0.15) is 6.61 Å². The van der Waals surface area contributed by atoms with Gasteiger partial charge in [0.2, 0.25) is 5.88 Å². The van der Waals surface area contributed by atoms with Gasteiger partial charge in [-0.05, 0) is 26.8 Å². The molecule has 0 aliphatic carbocycles. The van der Waals surface area contributed by atoms with Crippen LogP contribution in [0.25, 0.3) is 0 Å². The minimum absolute atomic E-state index is 0.0110. The number of hydrogen-bond acceptors (Lipinski definition) is 5. The molecule has 5 nitrogen and oxygen atoms in total. The summed E-state index contributed by atoms with van der Waals surface area (Å²) in [5, 5.41) is 3.99. The maximum atomic E-state index is 6.15. The predicted octanol–water partition coefficient (Wildman–Crippen LogP) is 2.66. The number of nitrogens with one attached hydrogen (secondary N) is 1. The molecule has 1 N–H and O–H groups in total. The van der Waals surface area contributed by atoms with E-state index in [1.165, 1.54) is 0 Å². The summed E-state index contributed by atoms with van der Waals surface area (Å²) >= 11 is 6.15. The third kappa shape index (κ3) is 8.21. The third-order valence-corrected chi connectivity index (χ3v) is 2.93. The number of methoxy groups -OCH3 is 1. The summed E-state index contributed by atoms with van der Waals surface area (Å²) in [5.41, 5.74) is 0.793. The summed E-state index contributed by atoms with van der Waals surface area (Å²) in [6, 6.07) is 3.56. The van der Waals surface area contributed by atoms with E-state index in [1.54, 1.807) is 19.2 Å². The number of ether oxygens (including phenoxy) is 3. The lowest BCUT2D eigenvalue weighted by molar-refractivity contribution is 0.0536. The Hall–Kier alpha value is -0.880. The molecule has 1 heterocycles. The molecule has 0 aliphatic heterocycles. The van der Waals surface area contributed by atoms with Crippen molar-refractivity contribution in [2.45, 2.75) is 32.9 Å². The number of pyridine rings is 1. The van der Waals surface area contributed by atoms with Gasteiger partial charge in [0.05, 0.1) is 30.5 Å². The summed E-state index contributed by atoms with van der Waals surface area (Å²) in [5.74, 6) is 0.556. The molecule has 0 bridgehead atoms. The van der Waals surface area contributed by atoms with E-state index in [0.29, 0.717) is 43.9 Å². The fourth-order valence-corrected chi connectivity index (χ4v) is 1.64. The fraction of sp³-hybridized carbons (Fsp3) is 0.667. The maximum Gasteiger partial charge on any atom is 0.213 e. The Morgan fingerprint density at radius 3 is 2.52 bits per heavy atom. The van der Waals surface area contributed by atoms with E-state index < -0.39 is 0 Å². The van der Waals surface area contributed by atoms with Crippen LogP contribution >= 0.6 is 11.6 Å². The van der Waals surface area contributed by atoms with Crippen molar-refractivity contribution in [3.63, 3.8) is 0 Å². The van der Waals surface area contributed by atoms with Crippen LogP contribution in [0.1, 0.15) is 26.5 Å². The van der Waals surface area contributed by atoms with Crippen LogP contribution in [0.5, 0.6) is 5.88 Å². The van der Waals surface area contributed by atoms with E-state index in [0.717, 1.165) is 5.69 Å². The summed E-state index contributed by atoms with van der Waals surface area (Å²) in [4.78, 5) is 4.41. The van der Waals surface area contributed by atoms with Gasteiger partial charge < -0.3 is 19.5 Å². The topological polar surface area (TPSA) is 52.6 Å². The van der Waals surface area contributed by atoms with Gasteiger partial charge in [0.25, 0.3) is 0 Å². The highest BCUT2D eigenvalue weighted by molar-refractivity contribution is 6.31. The first-order valence-corrected chi connectivity index (χ1v) is 7.40. The van der Waals surface area contributed by atoms with Crippen molar-refractivity contribution in [3.8, 4) is 5.88 Å². The Labute approximate surface area is 131 Å². The lowest BCUT2D eigenvalue weighted by atomic mass is 10.1. The van der Waals surface area contributed by atoms with Crippen LogP contribution in [0.15, 0.2) is 12.1 Å². The molecule has 1 aromatic heterocycles. The second kappa shape index (κ2) is 9.20. The van der Waals surface area contributed by atoms with E-state index in [4.69, 9.17) is 25.8 Å².